The average molecular weight is 288 g/mol. The van der Waals surface area contributed by atoms with E-state index in [1.54, 1.807) is 0 Å². The Labute approximate surface area is 118 Å². The van der Waals surface area contributed by atoms with Gasteiger partial charge in [-0.15, -0.1) is 0 Å². The second-order valence-electron chi connectivity index (χ2n) is 4.88. The van der Waals surface area contributed by atoms with Gasteiger partial charge < -0.3 is 15.3 Å². The highest BCUT2D eigenvalue weighted by molar-refractivity contribution is 6.23. The smallest absolute Gasteiger partial charge is 0.153 e. The molecule has 3 N–H and O–H groups in total. The van der Waals surface area contributed by atoms with Gasteiger partial charge in [0.2, 0.25) is 0 Å². The fourth-order valence-corrected chi connectivity index (χ4v) is 1.94. The maximum absolute atomic E-state index is 12.2. The quantitative estimate of drug-likeness (QED) is 0.436. The van der Waals surface area contributed by atoms with Crippen molar-refractivity contribution in [2.75, 3.05) is 19.8 Å². The zero-order valence-electron chi connectivity index (χ0n) is 11.9. The van der Waals surface area contributed by atoms with Gasteiger partial charge in [-0.2, -0.15) is 0 Å². The number of ketones is 3. The van der Waals surface area contributed by atoms with E-state index in [1.807, 2.05) is 0 Å². The van der Waals surface area contributed by atoms with Crippen LogP contribution < -0.4 is 0 Å². The van der Waals surface area contributed by atoms with Gasteiger partial charge >= 0.3 is 0 Å². The minimum absolute atomic E-state index is 0.0390. The maximum Gasteiger partial charge on any atom is 0.153 e. The van der Waals surface area contributed by atoms with Gasteiger partial charge in [0, 0.05) is 39.1 Å². The molecule has 0 aromatic carbocycles. The Morgan fingerprint density at radius 3 is 1.15 bits per heavy atom. The van der Waals surface area contributed by atoms with E-state index in [0.29, 0.717) is 0 Å². The minimum atomic E-state index is -1.72. The van der Waals surface area contributed by atoms with Gasteiger partial charge in [-0.25, -0.2) is 0 Å². The van der Waals surface area contributed by atoms with E-state index >= 15 is 0 Å². The summed E-state index contributed by atoms with van der Waals surface area (Å²) in [6.07, 6.45) is 0.493. The van der Waals surface area contributed by atoms with Crippen LogP contribution in [-0.2, 0) is 14.4 Å². The van der Waals surface area contributed by atoms with Crippen molar-refractivity contribution in [3.8, 4) is 0 Å². The Balaban J connectivity index is 5.05. The fourth-order valence-electron chi connectivity index (χ4n) is 1.94. The van der Waals surface area contributed by atoms with E-state index in [0.717, 1.165) is 0 Å². The molecular weight excluding hydrogens is 264 g/mol. The molecule has 0 aromatic rings. The zero-order valence-corrected chi connectivity index (χ0v) is 11.9. The Kier molecular flexibility index (Phi) is 9.20. The van der Waals surface area contributed by atoms with Crippen molar-refractivity contribution in [2.45, 2.75) is 45.4 Å². The van der Waals surface area contributed by atoms with Gasteiger partial charge in [-0.05, 0) is 26.2 Å². The van der Waals surface area contributed by atoms with Gasteiger partial charge in [0.25, 0.3) is 0 Å². The Morgan fingerprint density at radius 2 is 0.950 bits per heavy atom. The first-order valence-electron chi connectivity index (χ1n) is 6.87. The van der Waals surface area contributed by atoms with Crippen LogP contribution in [0.3, 0.4) is 0 Å². The molecule has 0 aromatic heterocycles. The molecular formula is C14H24O6. The van der Waals surface area contributed by atoms with E-state index in [1.165, 1.54) is 6.92 Å². The van der Waals surface area contributed by atoms with E-state index in [-0.39, 0.29) is 58.3 Å². The van der Waals surface area contributed by atoms with Crippen molar-refractivity contribution in [2.24, 2.45) is 5.41 Å². The number of rotatable bonds is 12. The Hall–Kier alpha value is -1.11. The highest BCUT2D eigenvalue weighted by Crippen LogP contribution is 2.27. The SMILES string of the molecule is CC(C(=O)CCCO)(C(=O)CCCO)C(=O)CCCO. The largest absolute Gasteiger partial charge is 0.396 e. The van der Waals surface area contributed by atoms with Crippen molar-refractivity contribution in [3.63, 3.8) is 0 Å². The molecule has 0 saturated carbocycles. The summed E-state index contributed by atoms with van der Waals surface area (Å²) in [5.41, 5.74) is -1.72. The van der Waals surface area contributed by atoms with Crippen LogP contribution >= 0.6 is 0 Å². The Bertz CT molecular complexity index is 286. The average Bonchev–Trinajstić information content (AvgIpc) is 2.46. The first-order chi connectivity index (χ1) is 9.44. The molecule has 6 nitrogen and oxygen atoms in total. The predicted molar refractivity (Wildman–Crippen MR) is 72.1 cm³/mol. The fraction of sp³-hybridized carbons (Fsp3) is 0.786. The maximum atomic E-state index is 12.2. The predicted octanol–water partition coefficient (Wildman–Crippen LogP) is 0.0175. The second kappa shape index (κ2) is 9.74. The number of aliphatic hydroxyl groups excluding tert-OH is 3. The summed E-state index contributed by atoms with van der Waals surface area (Å²) in [6, 6.07) is 0. The third-order valence-corrected chi connectivity index (χ3v) is 3.36. The molecule has 0 saturated heterocycles. The van der Waals surface area contributed by atoms with Crippen LogP contribution in [0, 0.1) is 5.41 Å². The van der Waals surface area contributed by atoms with Crippen LogP contribution in [0.1, 0.15) is 45.4 Å². The van der Waals surface area contributed by atoms with E-state index < -0.39 is 22.8 Å². The number of hydrogen-bond donors (Lipinski definition) is 3. The summed E-state index contributed by atoms with van der Waals surface area (Å²) >= 11 is 0. The molecule has 0 spiro atoms. The summed E-state index contributed by atoms with van der Waals surface area (Å²) in [5.74, 6) is -1.51. The molecule has 0 aliphatic heterocycles. The number of carbonyl (C=O) groups is 3. The lowest BCUT2D eigenvalue weighted by Crippen LogP contribution is -2.44. The summed E-state index contributed by atoms with van der Waals surface area (Å²) in [4.78, 5) is 36.5. The number of aliphatic hydroxyl groups is 3. The number of carbonyl (C=O) groups excluding carboxylic acids is 3. The third-order valence-electron chi connectivity index (χ3n) is 3.36. The topological polar surface area (TPSA) is 112 Å². The minimum Gasteiger partial charge on any atom is -0.396 e. The number of hydrogen-bond acceptors (Lipinski definition) is 6. The molecule has 0 amide bonds. The van der Waals surface area contributed by atoms with Crippen LogP contribution in [0.2, 0.25) is 0 Å². The van der Waals surface area contributed by atoms with E-state index in [4.69, 9.17) is 15.3 Å². The van der Waals surface area contributed by atoms with Crippen molar-refractivity contribution < 1.29 is 29.7 Å². The molecule has 20 heavy (non-hydrogen) atoms. The first kappa shape index (κ1) is 18.9. The molecule has 116 valence electrons. The molecule has 0 radical (unpaired) electrons. The molecule has 0 unspecified atom stereocenters. The standard InChI is InChI=1S/C14H24O6/c1-14(11(18)5-2-8-15,12(19)6-3-9-16)13(20)7-4-10-17/h15-17H,2-10H2,1H3. The van der Waals surface area contributed by atoms with Crippen molar-refractivity contribution in [3.05, 3.63) is 0 Å². The van der Waals surface area contributed by atoms with Crippen molar-refractivity contribution >= 4 is 17.3 Å². The number of Topliss-reactive ketones (excluding diaryl/α,β-unsaturated/α-hetero) is 3. The highest BCUT2D eigenvalue weighted by atomic mass is 16.3. The van der Waals surface area contributed by atoms with Gasteiger partial charge in [0.15, 0.2) is 17.3 Å². The molecule has 0 heterocycles. The molecule has 0 aliphatic rings. The molecule has 0 fully saturated rings. The van der Waals surface area contributed by atoms with Crippen LogP contribution in [0.15, 0.2) is 0 Å². The zero-order chi connectivity index (χ0) is 15.6. The third kappa shape index (κ3) is 5.11. The molecule has 0 bridgehead atoms. The van der Waals surface area contributed by atoms with Crippen LogP contribution in [-0.4, -0.2) is 52.5 Å². The van der Waals surface area contributed by atoms with Crippen molar-refractivity contribution in [1.82, 2.24) is 0 Å². The van der Waals surface area contributed by atoms with Crippen LogP contribution in [0.5, 0.6) is 0 Å². The lowest BCUT2D eigenvalue weighted by molar-refractivity contribution is -0.148. The van der Waals surface area contributed by atoms with E-state index in [2.05, 4.69) is 0 Å². The van der Waals surface area contributed by atoms with Gasteiger partial charge in [-0.1, -0.05) is 0 Å². The molecule has 6 heteroatoms. The summed E-state index contributed by atoms with van der Waals surface area (Å²) in [5, 5.41) is 26.3. The van der Waals surface area contributed by atoms with Crippen LogP contribution in [0.25, 0.3) is 0 Å². The molecule has 0 rings (SSSR count). The van der Waals surface area contributed by atoms with Crippen molar-refractivity contribution in [1.29, 1.82) is 0 Å². The summed E-state index contributed by atoms with van der Waals surface area (Å²) < 4.78 is 0. The lowest BCUT2D eigenvalue weighted by atomic mass is 9.73. The lowest BCUT2D eigenvalue weighted by Gasteiger charge is -2.25. The Morgan fingerprint density at radius 1 is 0.700 bits per heavy atom. The molecule has 0 aliphatic carbocycles. The highest BCUT2D eigenvalue weighted by Gasteiger charge is 2.45. The van der Waals surface area contributed by atoms with Gasteiger partial charge in [-0.3, -0.25) is 14.4 Å². The van der Waals surface area contributed by atoms with Gasteiger partial charge in [0.05, 0.1) is 0 Å². The van der Waals surface area contributed by atoms with Gasteiger partial charge in [0.1, 0.15) is 5.41 Å². The normalized spacial score (nSPS) is 11.4. The summed E-state index contributed by atoms with van der Waals surface area (Å²) in [6.45, 7) is 0.762. The molecule has 0 atom stereocenters. The second-order valence-corrected chi connectivity index (χ2v) is 4.88. The summed E-state index contributed by atoms with van der Waals surface area (Å²) in [7, 11) is 0. The van der Waals surface area contributed by atoms with Crippen LogP contribution in [0.4, 0.5) is 0 Å². The van der Waals surface area contributed by atoms with E-state index in [9.17, 15) is 14.4 Å². The first-order valence-corrected chi connectivity index (χ1v) is 6.87. The monoisotopic (exact) mass is 288 g/mol.